The van der Waals surface area contributed by atoms with E-state index in [0.29, 0.717) is 5.41 Å². The molecular formula is C16H22O2. The van der Waals surface area contributed by atoms with E-state index >= 15 is 0 Å². The van der Waals surface area contributed by atoms with Gasteiger partial charge in [0.1, 0.15) is 11.5 Å². The van der Waals surface area contributed by atoms with E-state index in [4.69, 9.17) is 9.47 Å². The van der Waals surface area contributed by atoms with Gasteiger partial charge in [0.2, 0.25) is 0 Å². The fourth-order valence-corrected chi connectivity index (χ4v) is 3.89. The monoisotopic (exact) mass is 246 g/mol. The Labute approximate surface area is 109 Å². The van der Waals surface area contributed by atoms with Crippen LogP contribution in [-0.2, 0) is 12.8 Å². The lowest BCUT2D eigenvalue weighted by atomic mass is 9.72. The van der Waals surface area contributed by atoms with Crippen LogP contribution in [0.1, 0.15) is 43.2 Å². The Bertz CT molecular complexity index is 410. The normalized spacial score (nSPS) is 20.8. The molecule has 18 heavy (non-hydrogen) atoms. The average molecular weight is 246 g/mol. The van der Waals surface area contributed by atoms with Crippen molar-refractivity contribution in [3.05, 3.63) is 23.3 Å². The maximum Gasteiger partial charge on any atom is 0.122 e. The second kappa shape index (κ2) is 4.49. The van der Waals surface area contributed by atoms with Crippen LogP contribution in [-0.4, -0.2) is 14.2 Å². The Morgan fingerprint density at radius 1 is 0.833 bits per heavy atom. The highest BCUT2D eigenvalue weighted by atomic mass is 16.5. The highest BCUT2D eigenvalue weighted by molar-refractivity contribution is 5.52. The molecule has 0 saturated heterocycles. The van der Waals surface area contributed by atoms with E-state index in [0.717, 1.165) is 11.5 Å². The summed E-state index contributed by atoms with van der Waals surface area (Å²) in [5, 5.41) is 0. The van der Waals surface area contributed by atoms with Gasteiger partial charge in [-0.05, 0) is 43.2 Å². The first-order chi connectivity index (χ1) is 8.78. The molecule has 1 saturated carbocycles. The fourth-order valence-electron chi connectivity index (χ4n) is 3.89. The quantitative estimate of drug-likeness (QED) is 0.791. The Morgan fingerprint density at radius 2 is 1.33 bits per heavy atom. The van der Waals surface area contributed by atoms with Crippen molar-refractivity contribution in [1.29, 1.82) is 0 Å². The zero-order valence-electron chi connectivity index (χ0n) is 11.4. The van der Waals surface area contributed by atoms with Crippen LogP contribution in [0.25, 0.3) is 0 Å². The molecule has 0 amide bonds. The lowest BCUT2D eigenvalue weighted by molar-refractivity contribution is 0.201. The van der Waals surface area contributed by atoms with Gasteiger partial charge in [-0.25, -0.2) is 0 Å². The number of hydrogen-bond acceptors (Lipinski definition) is 2. The van der Waals surface area contributed by atoms with Crippen molar-refractivity contribution in [2.24, 2.45) is 5.41 Å². The zero-order valence-corrected chi connectivity index (χ0v) is 11.4. The van der Waals surface area contributed by atoms with Gasteiger partial charge in [0.05, 0.1) is 14.2 Å². The van der Waals surface area contributed by atoms with Gasteiger partial charge in [-0.3, -0.25) is 0 Å². The van der Waals surface area contributed by atoms with Gasteiger partial charge in [0, 0.05) is 11.1 Å². The molecule has 0 radical (unpaired) electrons. The van der Waals surface area contributed by atoms with Gasteiger partial charge in [-0.2, -0.15) is 0 Å². The summed E-state index contributed by atoms with van der Waals surface area (Å²) in [6.45, 7) is 0. The van der Waals surface area contributed by atoms with E-state index < -0.39 is 0 Å². The number of rotatable bonds is 2. The van der Waals surface area contributed by atoms with E-state index in [1.807, 2.05) is 0 Å². The molecule has 0 atom stereocenters. The number of fused-ring (bicyclic) bond motifs is 1. The third kappa shape index (κ3) is 1.79. The van der Waals surface area contributed by atoms with Crippen molar-refractivity contribution in [2.45, 2.75) is 44.9 Å². The predicted octanol–water partition coefficient (Wildman–Crippen LogP) is 3.75. The fraction of sp³-hybridized carbons (Fsp3) is 0.625. The largest absolute Gasteiger partial charge is 0.496 e. The molecule has 98 valence electrons. The van der Waals surface area contributed by atoms with Gasteiger partial charge in [0.15, 0.2) is 0 Å². The first-order valence-electron chi connectivity index (χ1n) is 7.01. The van der Waals surface area contributed by atoms with E-state index in [1.54, 1.807) is 14.2 Å². The maximum absolute atomic E-state index is 5.53. The second-order valence-corrected chi connectivity index (χ2v) is 5.84. The summed E-state index contributed by atoms with van der Waals surface area (Å²) < 4.78 is 11.1. The summed E-state index contributed by atoms with van der Waals surface area (Å²) in [4.78, 5) is 0. The molecule has 1 spiro atoms. The van der Waals surface area contributed by atoms with Gasteiger partial charge in [0.25, 0.3) is 0 Å². The van der Waals surface area contributed by atoms with Crippen LogP contribution in [0.5, 0.6) is 11.5 Å². The first kappa shape index (κ1) is 11.9. The summed E-state index contributed by atoms with van der Waals surface area (Å²) in [7, 11) is 3.54. The summed E-state index contributed by atoms with van der Waals surface area (Å²) in [5.74, 6) is 2.10. The van der Waals surface area contributed by atoms with Crippen molar-refractivity contribution in [1.82, 2.24) is 0 Å². The minimum atomic E-state index is 0.502. The molecule has 2 aliphatic carbocycles. The minimum absolute atomic E-state index is 0.502. The lowest BCUT2D eigenvalue weighted by Gasteiger charge is -2.33. The molecule has 2 aliphatic rings. The molecule has 2 nitrogen and oxygen atoms in total. The molecule has 0 aromatic heterocycles. The Hall–Kier alpha value is -1.18. The van der Waals surface area contributed by atoms with Gasteiger partial charge in [-0.1, -0.05) is 19.3 Å². The van der Waals surface area contributed by atoms with E-state index in [2.05, 4.69) is 12.1 Å². The van der Waals surface area contributed by atoms with Crippen LogP contribution in [0.4, 0.5) is 0 Å². The molecule has 3 rings (SSSR count). The SMILES string of the molecule is COc1ccc(OC)c2c1CC1(CCCCC1)C2. The molecule has 0 aliphatic heterocycles. The summed E-state index contributed by atoms with van der Waals surface area (Å²) in [6.07, 6.45) is 9.29. The molecular weight excluding hydrogens is 224 g/mol. The average Bonchev–Trinajstić information content (AvgIpc) is 2.77. The molecule has 0 heterocycles. The molecule has 1 aromatic carbocycles. The molecule has 1 fully saturated rings. The Kier molecular flexibility index (Phi) is 2.96. The number of benzene rings is 1. The topological polar surface area (TPSA) is 18.5 Å². The van der Waals surface area contributed by atoms with Crippen molar-refractivity contribution in [3.8, 4) is 11.5 Å². The van der Waals surface area contributed by atoms with Crippen LogP contribution in [0.3, 0.4) is 0 Å². The minimum Gasteiger partial charge on any atom is -0.496 e. The molecule has 1 aromatic rings. The van der Waals surface area contributed by atoms with Crippen molar-refractivity contribution < 1.29 is 9.47 Å². The van der Waals surface area contributed by atoms with Crippen LogP contribution < -0.4 is 9.47 Å². The van der Waals surface area contributed by atoms with Gasteiger partial charge >= 0.3 is 0 Å². The van der Waals surface area contributed by atoms with Gasteiger partial charge in [-0.15, -0.1) is 0 Å². The van der Waals surface area contributed by atoms with Crippen LogP contribution in [0.15, 0.2) is 12.1 Å². The molecule has 0 bridgehead atoms. The third-order valence-electron chi connectivity index (χ3n) is 4.80. The highest BCUT2D eigenvalue weighted by Gasteiger charge is 2.40. The smallest absolute Gasteiger partial charge is 0.122 e. The Morgan fingerprint density at radius 3 is 1.78 bits per heavy atom. The number of methoxy groups -OCH3 is 2. The van der Waals surface area contributed by atoms with Crippen LogP contribution in [0, 0.1) is 5.41 Å². The maximum atomic E-state index is 5.53. The molecule has 2 heteroatoms. The predicted molar refractivity (Wildman–Crippen MR) is 72.5 cm³/mol. The highest BCUT2D eigenvalue weighted by Crippen LogP contribution is 2.51. The van der Waals surface area contributed by atoms with Crippen molar-refractivity contribution in [3.63, 3.8) is 0 Å². The number of ether oxygens (including phenoxy) is 2. The number of hydrogen-bond donors (Lipinski definition) is 0. The summed E-state index contributed by atoms with van der Waals surface area (Å²) >= 11 is 0. The third-order valence-corrected chi connectivity index (χ3v) is 4.80. The Balaban J connectivity index is 1.99. The molecule has 0 unspecified atom stereocenters. The lowest BCUT2D eigenvalue weighted by Crippen LogP contribution is -2.24. The molecule has 0 N–H and O–H groups in total. The van der Waals surface area contributed by atoms with E-state index in [1.165, 1.54) is 56.1 Å². The summed E-state index contributed by atoms with van der Waals surface area (Å²) in [5.41, 5.74) is 3.31. The van der Waals surface area contributed by atoms with Crippen molar-refractivity contribution >= 4 is 0 Å². The van der Waals surface area contributed by atoms with Crippen LogP contribution >= 0.6 is 0 Å². The van der Waals surface area contributed by atoms with Gasteiger partial charge < -0.3 is 9.47 Å². The standard InChI is InChI=1S/C16H22O2/c1-17-14-6-7-15(18-2)13-11-16(10-12(13)14)8-4-3-5-9-16/h6-7H,3-5,8-11H2,1-2H3. The second-order valence-electron chi connectivity index (χ2n) is 5.84. The zero-order chi connectivity index (χ0) is 12.6. The summed E-state index contributed by atoms with van der Waals surface area (Å²) in [6, 6.07) is 4.11. The van der Waals surface area contributed by atoms with E-state index in [9.17, 15) is 0 Å². The van der Waals surface area contributed by atoms with Crippen molar-refractivity contribution in [2.75, 3.05) is 14.2 Å². The van der Waals surface area contributed by atoms with Crippen LogP contribution in [0.2, 0.25) is 0 Å². The first-order valence-corrected chi connectivity index (χ1v) is 7.01. The van der Waals surface area contributed by atoms with E-state index in [-0.39, 0.29) is 0 Å².